The van der Waals surface area contributed by atoms with Gasteiger partial charge < -0.3 is 15.5 Å². The van der Waals surface area contributed by atoms with Crippen LogP contribution in [-0.2, 0) is 4.79 Å². The van der Waals surface area contributed by atoms with Crippen LogP contribution in [0.5, 0.6) is 0 Å². The molecule has 0 aliphatic heterocycles. The fraction of sp³-hybridized carbons (Fsp3) is 0.929. The summed E-state index contributed by atoms with van der Waals surface area (Å²) in [5, 5.41) is 22.4. The number of thioether (sulfide) groups is 1. The molecule has 0 spiro atoms. The minimum Gasteiger partial charge on any atom is -0.480 e. The lowest BCUT2D eigenvalue weighted by Crippen LogP contribution is -2.54. The summed E-state index contributed by atoms with van der Waals surface area (Å²) in [5.41, 5.74) is -0.719. The van der Waals surface area contributed by atoms with Crippen molar-refractivity contribution < 1.29 is 15.0 Å². The van der Waals surface area contributed by atoms with Crippen LogP contribution >= 0.6 is 11.8 Å². The van der Waals surface area contributed by atoms with Gasteiger partial charge in [0.2, 0.25) is 0 Å². The largest absolute Gasteiger partial charge is 0.480 e. The van der Waals surface area contributed by atoms with Crippen molar-refractivity contribution in [1.82, 2.24) is 5.32 Å². The van der Waals surface area contributed by atoms with Crippen molar-refractivity contribution in [2.75, 3.05) is 12.3 Å². The maximum atomic E-state index is 11.6. The Bertz CT molecular complexity index is 298. The molecule has 112 valence electrons. The van der Waals surface area contributed by atoms with Gasteiger partial charge in [0.15, 0.2) is 0 Å². The molecule has 1 saturated carbocycles. The number of aliphatic hydroxyl groups excluding tert-OH is 1. The van der Waals surface area contributed by atoms with Crippen molar-refractivity contribution in [1.29, 1.82) is 0 Å². The molecule has 0 bridgehead atoms. The third-order valence-electron chi connectivity index (χ3n) is 4.22. The lowest BCUT2D eigenvalue weighted by Gasteiger charge is -2.32. The smallest absolute Gasteiger partial charge is 0.324 e. The number of hydrogen-bond acceptors (Lipinski definition) is 4. The third kappa shape index (κ3) is 4.10. The van der Waals surface area contributed by atoms with Crippen LogP contribution in [0.1, 0.15) is 46.5 Å². The predicted octanol–water partition coefficient (Wildman–Crippen LogP) is 2.11. The summed E-state index contributed by atoms with van der Waals surface area (Å²) in [7, 11) is 0. The molecule has 1 rings (SSSR count). The summed E-state index contributed by atoms with van der Waals surface area (Å²) in [4.78, 5) is 11.6. The molecule has 1 fully saturated rings. The number of hydrogen-bond donors (Lipinski definition) is 3. The monoisotopic (exact) mass is 289 g/mol. The highest BCUT2D eigenvalue weighted by Gasteiger charge is 2.48. The van der Waals surface area contributed by atoms with Gasteiger partial charge in [0.1, 0.15) is 5.54 Å². The second kappa shape index (κ2) is 7.50. The minimum absolute atomic E-state index is 0.207. The number of aliphatic carboxylic acids is 1. The van der Waals surface area contributed by atoms with E-state index in [1.54, 1.807) is 18.7 Å². The van der Waals surface area contributed by atoms with E-state index in [0.717, 1.165) is 31.4 Å². The van der Waals surface area contributed by atoms with Crippen molar-refractivity contribution in [3.05, 3.63) is 0 Å². The molecule has 4 nitrogen and oxygen atoms in total. The molecule has 5 heteroatoms. The lowest BCUT2D eigenvalue weighted by molar-refractivity contribution is -0.146. The van der Waals surface area contributed by atoms with Crippen molar-refractivity contribution in [2.45, 2.75) is 63.3 Å². The van der Waals surface area contributed by atoms with Gasteiger partial charge in [-0.1, -0.05) is 20.3 Å². The maximum Gasteiger partial charge on any atom is 0.324 e. The molecule has 19 heavy (non-hydrogen) atoms. The van der Waals surface area contributed by atoms with E-state index in [1.807, 2.05) is 13.8 Å². The average Bonchev–Trinajstić information content (AvgIpc) is 2.74. The van der Waals surface area contributed by atoms with Crippen molar-refractivity contribution >= 4 is 17.7 Å². The predicted molar refractivity (Wildman–Crippen MR) is 79.6 cm³/mol. The summed E-state index contributed by atoms with van der Waals surface area (Å²) in [6, 6.07) is 0. The molecule has 0 aromatic rings. The van der Waals surface area contributed by atoms with Crippen LogP contribution in [0.4, 0.5) is 0 Å². The fourth-order valence-electron chi connectivity index (χ4n) is 2.91. The number of nitrogens with one attached hydrogen (secondary N) is 1. The number of carbonyl (C=O) groups is 1. The number of carboxylic acid groups (broad SMARTS) is 1. The van der Waals surface area contributed by atoms with E-state index >= 15 is 0 Å². The molecule has 0 aromatic heterocycles. The highest BCUT2D eigenvalue weighted by molar-refractivity contribution is 7.99. The fourth-order valence-corrected chi connectivity index (χ4v) is 3.98. The highest BCUT2D eigenvalue weighted by atomic mass is 32.2. The van der Waals surface area contributed by atoms with Crippen molar-refractivity contribution in [3.8, 4) is 0 Å². The molecule has 0 amide bonds. The molecular formula is C14H27NO3S. The van der Waals surface area contributed by atoms with Gasteiger partial charge >= 0.3 is 5.97 Å². The molecule has 1 aliphatic rings. The zero-order valence-corrected chi connectivity index (χ0v) is 13.0. The van der Waals surface area contributed by atoms with Gasteiger partial charge in [-0.3, -0.25) is 4.79 Å². The van der Waals surface area contributed by atoms with Gasteiger partial charge in [-0.05, 0) is 44.4 Å². The van der Waals surface area contributed by atoms with Gasteiger partial charge in [-0.25, -0.2) is 0 Å². The Kier molecular flexibility index (Phi) is 6.63. The molecule has 0 radical (unpaired) electrons. The first-order valence-corrected chi connectivity index (χ1v) is 8.27. The molecule has 3 N–H and O–H groups in total. The van der Waals surface area contributed by atoms with Gasteiger partial charge in [-0.2, -0.15) is 11.8 Å². The highest BCUT2D eigenvalue weighted by Crippen LogP contribution is 2.39. The van der Waals surface area contributed by atoms with E-state index in [4.69, 9.17) is 0 Å². The van der Waals surface area contributed by atoms with Crippen LogP contribution in [0, 0.1) is 5.92 Å². The zero-order valence-electron chi connectivity index (χ0n) is 12.2. The number of likely N-dealkylation sites (N-methyl/N-ethyl adjacent to an activating group) is 1. The van der Waals surface area contributed by atoms with Gasteiger partial charge in [-0.15, -0.1) is 0 Å². The summed E-state index contributed by atoms with van der Waals surface area (Å²) >= 11 is 1.73. The summed E-state index contributed by atoms with van der Waals surface area (Å²) in [6.45, 7) is 6.47. The lowest BCUT2D eigenvalue weighted by atomic mass is 9.85. The minimum atomic E-state index is -0.719. The number of carboxylic acids is 1. The van der Waals surface area contributed by atoms with Crippen LogP contribution in [0.2, 0.25) is 0 Å². The van der Waals surface area contributed by atoms with Crippen molar-refractivity contribution in [3.63, 3.8) is 0 Å². The van der Waals surface area contributed by atoms with E-state index in [9.17, 15) is 15.0 Å². The molecule has 4 atom stereocenters. The molecular weight excluding hydrogens is 262 g/mol. The summed E-state index contributed by atoms with van der Waals surface area (Å²) < 4.78 is 0. The Labute approximate surface area is 120 Å². The van der Waals surface area contributed by atoms with Crippen LogP contribution in [-0.4, -0.2) is 45.4 Å². The second-order valence-electron chi connectivity index (χ2n) is 5.50. The van der Waals surface area contributed by atoms with Gasteiger partial charge in [0.05, 0.1) is 6.10 Å². The first-order chi connectivity index (χ1) is 8.94. The van der Waals surface area contributed by atoms with E-state index in [2.05, 4.69) is 5.32 Å². The number of aliphatic hydroxyl groups is 1. The Morgan fingerprint density at radius 1 is 1.53 bits per heavy atom. The Hall–Kier alpha value is -0.260. The van der Waals surface area contributed by atoms with Crippen molar-refractivity contribution in [2.24, 2.45) is 5.92 Å². The van der Waals surface area contributed by atoms with Gasteiger partial charge in [0.25, 0.3) is 0 Å². The summed E-state index contributed by atoms with van der Waals surface area (Å²) in [5.74, 6) is 0.418. The Morgan fingerprint density at radius 2 is 2.21 bits per heavy atom. The van der Waals surface area contributed by atoms with E-state index in [1.165, 1.54) is 0 Å². The van der Waals surface area contributed by atoms with Gasteiger partial charge in [0, 0.05) is 5.25 Å². The van der Waals surface area contributed by atoms with Crippen LogP contribution in [0.15, 0.2) is 0 Å². The second-order valence-corrected chi connectivity index (χ2v) is 6.99. The van der Waals surface area contributed by atoms with Crippen LogP contribution in [0.25, 0.3) is 0 Å². The molecule has 4 unspecified atom stereocenters. The standard InChI is InChI=1S/C14H27NO3S/c1-4-15-14(13(17)18)8-5-6-12(14)7-9-19-11(3)10(2)16/h10-12,15-16H,4-9H2,1-3H3,(H,17,18). The summed E-state index contributed by atoms with van der Waals surface area (Å²) in [6.07, 6.45) is 3.30. The SMILES string of the molecule is CCNC1(C(=O)O)CCCC1CCSC(C)C(C)O. The molecule has 0 saturated heterocycles. The molecule has 0 aromatic carbocycles. The first kappa shape index (κ1) is 16.8. The van der Waals surface area contributed by atoms with E-state index in [0.29, 0.717) is 6.54 Å². The number of rotatable bonds is 8. The third-order valence-corrected chi connectivity index (χ3v) is 5.61. The normalized spacial score (nSPS) is 30.2. The van der Waals surface area contributed by atoms with E-state index in [-0.39, 0.29) is 17.3 Å². The average molecular weight is 289 g/mol. The maximum absolute atomic E-state index is 11.6. The van der Waals surface area contributed by atoms with Crippen LogP contribution < -0.4 is 5.32 Å². The topological polar surface area (TPSA) is 69.6 Å². The molecule has 1 aliphatic carbocycles. The quantitative estimate of drug-likeness (QED) is 0.638. The Morgan fingerprint density at radius 3 is 2.74 bits per heavy atom. The Balaban J connectivity index is 2.53. The first-order valence-electron chi connectivity index (χ1n) is 7.22. The van der Waals surface area contributed by atoms with Crippen LogP contribution in [0.3, 0.4) is 0 Å². The van der Waals surface area contributed by atoms with E-state index < -0.39 is 11.5 Å². The zero-order chi connectivity index (χ0) is 14.5. The molecule has 0 heterocycles.